The molecule has 0 saturated heterocycles. The molecule has 0 N–H and O–H groups in total. The second-order valence-electron chi connectivity index (χ2n) is 14.2. The molecule has 0 radical (unpaired) electrons. The Morgan fingerprint density at radius 1 is 0.345 bits per heavy atom. The molecule has 9 aromatic carbocycles. The summed E-state index contributed by atoms with van der Waals surface area (Å²) < 4.78 is 8.82. The second-order valence-corrected chi connectivity index (χ2v) is 14.2. The SMILES string of the molecule is c1ccc(-c2cccc(N(c3ccc(-c4ccc5c(c4)oc4ccc6ccccc6c45)cc3)c3ccc4c5ccccc5n(-c5ccccc5)c4c3)c2)cc1. The van der Waals surface area contributed by atoms with Crippen LogP contribution in [0.1, 0.15) is 0 Å². The molecule has 0 aliphatic rings. The molecule has 0 saturated carbocycles. The first-order valence-corrected chi connectivity index (χ1v) is 18.8. The fraction of sp³-hybridized carbons (Fsp3) is 0. The minimum absolute atomic E-state index is 0.898. The highest BCUT2D eigenvalue weighted by Gasteiger charge is 2.19. The molecule has 0 aliphatic heterocycles. The van der Waals surface area contributed by atoms with E-state index in [4.69, 9.17) is 4.42 Å². The Morgan fingerprint density at radius 3 is 1.82 bits per heavy atom. The van der Waals surface area contributed by atoms with Crippen LogP contribution in [0.4, 0.5) is 17.1 Å². The molecule has 0 atom stereocenters. The minimum Gasteiger partial charge on any atom is -0.456 e. The monoisotopic (exact) mass is 702 g/mol. The second kappa shape index (κ2) is 12.6. The van der Waals surface area contributed by atoms with E-state index in [2.05, 4.69) is 216 Å². The first-order valence-electron chi connectivity index (χ1n) is 18.8. The summed E-state index contributed by atoms with van der Waals surface area (Å²) in [6.45, 7) is 0. The van der Waals surface area contributed by atoms with Crippen molar-refractivity contribution in [3.05, 3.63) is 206 Å². The molecule has 0 amide bonds. The topological polar surface area (TPSA) is 21.3 Å². The number of hydrogen-bond donors (Lipinski definition) is 0. The highest BCUT2D eigenvalue weighted by molar-refractivity contribution is 6.19. The fourth-order valence-corrected chi connectivity index (χ4v) is 8.38. The molecule has 3 heteroatoms. The fourth-order valence-electron chi connectivity index (χ4n) is 8.38. The van der Waals surface area contributed by atoms with Gasteiger partial charge in [0.25, 0.3) is 0 Å². The number of fused-ring (bicyclic) bond motifs is 8. The third-order valence-electron chi connectivity index (χ3n) is 11.0. The van der Waals surface area contributed by atoms with E-state index in [0.717, 1.165) is 55.9 Å². The maximum Gasteiger partial charge on any atom is 0.136 e. The first kappa shape index (κ1) is 31.2. The zero-order valence-electron chi connectivity index (χ0n) is 29.9. The molecule has 11 rings (SSSR count). The average molecular weight is 703 g/mol. The average Bonchev–Trinajstić information content (AvgIpc) is 3.80. The zero-order valence-corrected chi connectivity index (χ0v) is 29.9. The summed E-state index contributed by atoms with van der Waals surface area (Å²) in [6.07, 6.45) is 0. The summed E-state index contributed by atoms with van der Waals surface area (Å²) >= 11 is 0. The Morgan fingerprint density at radius 2 is 0.964 bits per heavy atom. The Hall–Kier alpha value is -7.36. The van der Waals surface area contributed by atoms with E-state index in [1.807, 2.05) is 0 Å². The third-order valence-corrected chi connectivity index (χ3v) is 11.0. The van der Waals surface area contributed by atoms with Crippen molar-refractivity contribution in [1.82, 2.24) is 4.57 Å². The largest absolute Gasteiger partial charge is 0.456 e. The summed E-state index contributed by atoms with van der Waals surface area (Å²) in [5.41, 5.74) is 13.2. The standard InChI is InChI=1S/C52H34N2O/c1-3-12-35(13-4-1)38-15-11-18-42(32-38)53(43-28-30-46-45-20-9-10-21-48(45)54(49(46)34-43)40-16-5-2-6-17-40)41-26-22-36(23-27-41)39-24-29-47-51(33-39)55-50-31-25-37-14-7-8-19-44(37)52(47)50/h1-34H. The zero-order chi connectivity index (χ0) is 36.3. The Kier molecular flexibility index (Phi) is 7.17. The van der Waals surface area contributed by atoms with Gasteiger partial charge >= 0.3 is 0 Å². The summed E-state index contributed by atoms with van der Waals surface area (Å²) in [7, 11) is 0. The lowest BCUT2D eigenvalue weighted by molar-refractivity contribution is 0.669. The van der Waals surface area contributed by atoms with Crippen LogP contribution in [0, 0.1) is 0 Å². The molecule has 258 valence electrons. The summed E-state index contributed by atoms with van der Waals surface area (Å²) in [6, 6.07) is 73.9. The quantitative estimate of drug-likeness (QED) is 0.172. The smallest absolute Gasteiger partial charge is 0.136 e. The highest BCUT2D eigenvalue weighted by Crippen LogP contribution is 2.42. The molecule has 55 heavy (non-hydrogen) atoms. The molecule has 2 aromatic heterocycles. The van der Waals surface area contributed by atoms with E-state index in [1.165, 1.54) is 43.6 Å². The van der Waals surface area contributed by atoms with Crippen molar-refractivity contribution in [2.24, 2.45) is 0 Å². The van der Waals surface area contributed by atoms with Gasteiger partial charge in [0, 0.05) is 44.3 Å². The summed E-state index contributed by atoms with van der Waals surface area (Å²) in [5, 5.41) is 7.22. The normalized spacial score (nSPS) is 11.6. The minimum atomic E-state index is 0.898. The molecule has 2 heterocycles. The van der Waals surface area contributed by atoms with E-state index in [0.29, 0.717) is 0 Å². The van der Waals surface area contributed by atoms with Crippen molar-refractivity contribution >= 4 is 71.6 Å². The number of anilines is 3. The number of rotatable bonds is 6. The van der Waals surface area contributed by atoms with Crippen molar-refractivity contribution < 1.29 is 4.42 Å². The van der Waals surface area contributed by atoms with E-state index in [1.54, 1.807) is 0 Å². The molecule has 0 spiro atoms. The number of aromatic nitrogens is 1. The lowest BCUT2D eigenvalue weighted by atomic mass is 10.0. The van der Waals surface area contributed by atoms with Gasteiger partial charge in [0.2, 0.25) is 0 Å². The van der Waals surface area contributed by atoms with E-state index in [9.17, 15) is 0 Å². The maximum atomic E-state index is 6.44. The van der Waals surface area contributed by atoms with Crippen LogP contribution in [-0.4, -0.2) is 4.57 Å². The third kappa shape index (κ3) is 5.20. The highest BCUT2D eigenvalue weighted by atomic mass is 16.3. The number of benzene rings is 9. The van der Waals surface area contributed by atoms with Gasteiger partial charge in [-0.2, -0.15) is 0 Å². The van der Waals surface area contributed by atoms with Gasteiger partial charge in [-0.1, -0.05) is 133 Å². The van der Waals surface area contributed by atoms with Gasteiger partial charge < -0.3 is 13.9 Å². The van der Waals surface area contributed by atoms with Crippen molar-refractivity contribution in [2.75, 3.05) is 4.90 Å². The Bertz CT molecular complexity index is 3190. The van der Waals surface area contributed by atoms with Gasteiger partial charge in [0.15, 0.2) is 0 Å². The lowest BCUT2D eigenvalue weighted by Crippen LogP contribution is -2.10. The van der Waals surface area contributed by atoms with Crippen LogP contribution >= 0.6 is 0 Å². The Labute approximate surface area is 318 Å². The van der Waals surface area contributed by atoms with Crippen LogP contribution in [0.3, 0.4) is 0 Å². The van der Waals surface area contributed by atoms with Gasteiger partial charge in [0.1, 0.15) is 11.2 Å². The lowest BCUT2D eigenvalue weighted by Gasteiger charge is -2.26. The van der Waals surface area contributed by atoms with Gasteiger partial charge in [-0.05, 0) is 106 Å². The van der Waals surface area contributed by atoms with Gasteiger partial charge in [-0.25, -0.2) is 0 Å². The van der Waals surface area contributed by atoms with E-state index in [-0.39, 0.29) is 0 Å². The van der Waals surface area contributed by atoms with Crippen LogP contribution in [0.25, 0.3) is 82.5 Å². The number of para-hydroxylation sites is 2. The molecule has 0 bridgehead atoms. The molecular weight excluding hydrogens is 669 g/mol. The van der Waals surface area contributed by atoms with Gasteiger partial charge in [-0.3, -0.25) is 0 Å². The van der Waals surface area contributed by atoms with Crippen molar-refractivity contribution in [1.29, 1.82) is 0 Å². The van der Waals surface area contributed by atoms with Gasteiger partial charge in [-0.15, -0.1) is 0 Å². The summed E-state index contributed by atoms with van der Waals surface area (Å²) in [5.74, 6) is 0. The molecule has 0 fully saturated rings. The van der Waals surface area contributed by atoms with Crippen LogP contribution in [0.5, 0.6) is 0 Å². The van der Waals surface area contributed by atoms with Crippen LogP contribution < -0.4 is 4.90 Å². The summed E-state index contributed by atoms with van der Waals surface area (Å²) in [4.78, 5) is 2.37. The maximum absolute atomic E-state index is 6.44. The number of nitrogens with zero attached hydrogens (tertiary/aromatic N) is 2. The predicted molar refractivity (Wildman–Crippen MR) is 231 cm³/mol. The molecule has 3 nitrogen and oxygen atoms in total. The Balaban J connectivity index is 1.06. The predicted octanol–water partition coefficient (Wildman–Crippen LogP) is 14.6. The molecule has 0 unspecified atom stereocenters. The molecule has 0 aliphatic carbocycles. The first-order chi connectivity index (χ1) is 27.3. The van der Waals surface area contributed by atoms with Gasteiger partial charge in [0.05, 0.1) is 11.0 Å². The van der Waals surface area contributed by atoms with Crippen LogP contribution in [0.15, 0.2) is 211 Å². The van der Waals surface area contributed by atoms with Crippen LogP contribution in [0.2, 0.25) is 0 Å². The van der Waals surface area contributed by atoms with Crippen molar-refractivity contribution in [3.63, 3.8) is 0 Å². The van der Waals surface area contributed by atoms with Crippen LogP contribution in [-0.2, 0) is 0 Å². The van der Waals surface area contributed by atoms with Crippen molar-refractivity contribution in [2.45, 2.75) is 0 Å². The van der Waals surface area contributed by atoms with Crippen molar-refractivity contribution in [3.8, 4) is 27.9 Å². The number of furan rings is 1. The molecular formula is C52H34N2O. The van der Waals surface area contributed by atoms with E-state index < -0.39 is 0 Å². The molecule has 11 aromatic rings. The van der Waals surface area contributed by atoms with E-state index >= 15 is 0 Å². The number of hydrogen-bond acceptors (Lipinski definition) is 2.